The van der Waals surface area contributed by atoms with Crippen molar-refractivity contribution in [2.45, 2.75) is 25.4 Å². The van der Waals surface area contributed by atoms with E-state index in [9.17, 15) is 19.7 Å². The number of nitro groups is 1. The normalized spacial score (nSPS) is 16.6. The van der Waals surface area contributed by atoms with E-state index in [0.717, 1.165) is 24.9 Å². The monoisotopic (exact) mass is 407 g/mol. The molecule has 0 bridgehead atoms. The first-order valence-electron chi connectivity index (χ1n) is 9.63. The van der Waals surface area contributed by atoms with Crippen LogP contribution in [0.1, 0.15) is 28.9 Å². The van der Waals surface area contributed by atoms with Crippen LogP contribution in [-0.4, -0.2) is 39.2 Å². The number of H-pyrrole nitrogens is 1. The minimum atomic E-state index is -0.485. The molecule has 3 aromatic rings. The van der Waals surface area contributed by atoms with Crippen molar-refractivity contribution < 1.29 is 14.5 Å². The number of primary amides is 1. The summed E-state index contributed by atoms with van der Waals surface area (Å²) in [5.74, 6) is -0.741. The van der Waals surface area contributed by atoms with Crippen LogP contribution in [0.5, 0.6) is 0 Å². The molecule has 2 amide bonds. The van der Waals surface area contributed by atoms with Crippen molar-refractivity contribution in [2.24, 2.45) is 5.73 Å². The molecule has 2 heterocycles. The van der Waals surface area contributed by atoms with Crippen LogP contribution >= 0.6 is 0 Å². The average molecular weight is 407 g/mol. The fourth-order valence-electron chi connectivity index (χ4n) is 3.94. The molecule has 30 heavy (non-hydrogen) atoms. The van der Waals surface area contributed by atoms with Gasteiger partial charge in [0, 0.05) is 23.7 Å². The Hall–Kier alpha value is -3.72. The number of carbonyl (C=O) groups excluding carboxylic acids is 2. The number of amides is 2. The van der Waals surface area contributed by atoms with E-state index in [-0.39, 0.29) is 23.3 Å². The number of benzene rings is 2. The van der Waals surface area contributed by atoms with E-state index in [4.69, 9.17) is 5.73 Å². The summed E-state index contributed by atoms with van der Waals surface area (Å²) in [5.41, 5.74) is 7.43. The summed E-state index contributed by atoms with van der Waals surface area (Å²) in [6, 6.07) is 13.3. The van der Waals surface area contributed by atoms with E-state index in [1.54, 1.807) is 24.3 Å². The molecule has 154 valence electrons. The molecule has 9 heteroatoms. The largest absolute Gasteiger partial charge is 0.368 e. The molecular formula is C21H21N5O4. The first-order valence-corrected chi connectivity index (χ1v) is 9.63. The number of nitrogens with zero attached hydrogens (tertiary/aromatic N) is 2. The van der Waals surface area contributed by atoms with E-state index >= 15 is 0 Å². The van der Waals surface area contributed by atoms with E-state index in [2.05, 4.69) is 10.3 Å². The Morgan fingerprint density at radius 1 is 1.23 bits per heavy atom. The van der Waals surface area contributed by atoms with Gasteiger partial charge in [-0.05, 0) is 37.1 Å². The van der Waals surface area contributed by atoms with Gasteiger partial charge in [-0.1, -0.05) is 30.3 Å². The molecule has 9 nitrogen and oxygen atoms in total. The maximum Gasteiger partial charge on any atom is 0.293 e. The summed E-state index contributed by atoms with van der Waals surface area (Å²) in [4.78, 5) is 40.1. The van der Waals surface area contributed by atoms with Crippen LogP contribution in [0.4, 0.5) is 11.4 Å². The number of nitrogens with one attached hydrogen (secondary N) is 2. The number of likely N-dealkylation sites (tertiary alicyclic amines) is 1. The van der Waals surface area contributed by atoms with E-state index in [1.807, 2.05) is 23.1 Å². The number of anilines is 1. The molecular weight excluding hydrogens is 386 g/mol. The Labute approximate surface area is 172 Å². The summed E-state index contributed by atoms with van der Waals surface area (Å²) in [7, 11) is 0. The topological polar surface area (TPSA) is 134 Å². The third kappa shape index (κ3) is 3.74. The predicted molar refractivity (Wildman–Crippen MR) is 112 cm³/mol. The van der Waals surface area contributed by atoms with Crippen molar-refractivity contribution in [3.63, 3.8) is 0 Å². The third-order valence-corrected chi connectivity index (χ3v) is 5.41. The van der Waals surface area contributed by atoms with Gasteiger partial charge >= 0.3 is 0 Å². The highest BCUT2D eigenvalue weighted by Gasteiger charge is 2.29. The number of nitro benzene ring substituents is 1. The van der Waals surface area contributed by atoms with E-state index < -0.39 is 10.8 Å². The average Bonchev–Trinajstić information content (AvgIpc) is 3.36. The fraction of sp³-hybridized carbons (Fsp3) is 0.238. The number of carbonyl (C=O) groups is 2. The first kappa shape index (κ1) is 19.6. The number of hydrogen-bond acceptors (Lipinski definition) is 5. The first-order chi connectivity index (χ1) is 14.4. The molecule has 2 aromatic carbocycles. The highest BCUT2D eigenvalue weighted by molar-refractivity contribution is 6.07. The quantitative estimate of drug-likeness (QED) is 0.427. The second-order valence-electron chi connectivity index (χ2n) is 7.32. The highest BCUT2D eigenvalue weighted by atomic mass is 16.6. The molecule has 1 fully saturated rings. The molecule has 1 aromatic heterocycles. The van der Waals surface area contributed by atoms with Crippen LogP contribution in [0.3, 0.4) is 0 Å². The Kier molecular flexibility index (Phi) is 5.20. The van der Waals surface area contributed by atoms with Crippen LogP contribution in [0.25, 0.3) is 10.9 Å². The number of nitrogens with two attached hydrogens (primary N) is 1. The molecule has 4 N–H and O–H groups in total. The zero-order valence-corrected chi connectivity index (χ0v) is 16.1. The number of aromatic amines is 1. The number of rotatable bonds is 6. The zero-order chi connectivity index (χ0) is 21.3. The Morgan fingerprint density at radius 3 is 2.80 bits per heavy atom. The molecule has 1 atom stereocenters. The van der Waals surface area contributed by atoms with Gasteiger partial charge in [0.05, 0.1) is 11.0 Å². The van der Waals surface area contributed by atoms with Crippen molar-refractivity contribution >= 4 is 34.1 Å². The Balaban J connectivity index is 1.57. The summed E-state index contributed by atoms with van der Waals surface area (Å²) in [6.45, 7) is 1.25. The summed E-state index contributed by atoms with van der Waals surface area (Å²) in [6.07, 6.45) is 1.63. The van der Waals surface area contributed by atoms with E-state index in [0.29, 0.717) is 23.1 Å². The smallest absolute Gasteiger partial charge is 0.293 e. The molecule has 1 aliphatic heterocycles. The van der Waals surface area contributed by atoms with Crippen LogP contribution in [-0.2, 0) is 11.3 Å². The lowest BCUT2D eigenvalue weighted by atomic mass is 10.1. The second-order valence-corrected chi connectivity index (χ2v) is 7.32. The van der Waals surface area contributed by atoms with Gasteiger partial charge in [-0.25, -0.2) is 0 Å². The van der Waals surface area contributed by atoms with Gasteiger partial charge in [0.2, 0.25) is 5.91 Å². The van der Waals surface area contributed by atoms with Crippen molar-refractivity contribution in [3.8, 4) is 0 Å². The molecule has 1 aliphatic rings. The summed E-state index contributed by atoms with van der Waals surface area (Å²) >= 11 is 0. The second kappa shape index (κ2) is 7.96. The molecule has 0 saturated carbocycles. The minimum Gasteiger partial charge on any atom is -0.368 e. The Morgan fingerprint density at radius 2 is 2.03 bits per heavy atom. The number of fused-ring (bicyclic) bond motifs is 1. The van der Waals surface area contributed by atoms with Crippen molar-refractivity contribution in [1.82, 2.24) is 9.88 Å². The van der Waals surface area contributed by atoms with Gasteiger partial charge in [0.15, 0.2) is 0 Å². The van der Waals surface area contributed by atoms with E-state index in [1.165, 1.54) is 6.07 Å². The third-order valence-electron chi connectivity index (χ3n) is 5.41. The standard InChI is InChI=1S/C21H21N5O4/c22-20(27)18-9-4-10-25(18)12-14-5-1-2-7-15(14)24-21(28)16-11-13-6-3-8-17(26(29)30)19(13)23-16/h1-3,5-8,11,18,23H,4,9-10,12H2,(H2,22,27)(H,24,28)/t18-/m1/s1. The van der Waals surface area contributed by atoms with Gasteiger partial charge in [-0.15, -0.1) is 0 Å². The zero-order valence-electron chi connectivity index (χ0n) is 16.1. The van der Waals surface area contributed by atoms with Crippen molar-refractivity contribution in [2.75, 3.05) is 11.9 Å². The minimum absolute atomic E-state index is 0.0847. The number of non-ortho nitro benzene ring substituents is 1. The molecule has 0 aliphatic carbocycles. The molecule has 1 saturated heterocycles. The van der Waals surface area contributed by atoms with Crippen LogP contribution < -0.4 is 11.1 Å². The summed E-state index contributed by atoms with van der Waals surface area (Å²) in [5, 5.41) is 14.7. The molecule has 0 spiro atoms. The van der Waals surface area contributed by atoms with Gasteiger partial charge < -0.3 is 16.0 Å². The lowest BCUT2D eigenvalue weighted by Gasteiger charge is -2.23. The van der Waals surface area contributed by atoms with Gasteiger partial charge in [-0.3, -0.25) is 24.6 Å². The van der Waals surface area contributed by atoms with Crippen molar-refractivity contribution in [3.05, 3.63) is 69.9 Å². The molecule has 0 unspecified atom stereocenters. The van der Waals surface area contributed by atoms with Crippen molar-refractivity contribution in [1.29, 1.82) is 0 Å². The number of para-hydroxylation sites is 2. The van der Waals surface area contributed by atoms with Gasteiger partial charge in [0.1, 0.15) is 11.2 Å². The van der Waals surface area contributed by atoms with Gasteiger partial charge in [-0.2, -0.15) is 0 Å². The van der Waals surface area contributed by atoms with Crippen LogP contribution in [0.15, 0.2) is 48.5 Å². The predicted octanol–water partition coefficient (Wildman–Crippen LogP) is 2.78. The Bertz CT molecular complexity index is 1140. The maximum atomic E-state index is 12.8. The molecule has 4 rings (SSSR count). The van der Waals surface area contributed by atoms with Crippen LogP contribution in [0.2, 0.25) is 0 Å². The number of hydrogen-bond donors (Lipinski definition) is 3. The lowest BCUT2D eigenvalue weighted by Crippen LogP contribution is -2.39. The fourth-order valence-corrected chi connectivity index (χ4v) is 3.94. The highest BCUT2D eigenvalue weighted by Crippen LogP contribution is 2.27. The SMILES string of the molecule is NC(=O)[C@H]1CCCN1Cc1ccccc1NC(=O)c1cc2cccc([N+](=O)[O-])c2[nH]1. The number of aromatic nitrogens is 1. The lowest BCUT2D eigenvalue weighted by molar-refractivity contribution is -0.383. The van der Waals surface area contributed by atoms with Crippen LogP contribution in [0, 0.1) is 10.1 Å². The van der Waals surface area contributed by atoms with Gasteiger partial charge in [0.25, 0.3) is 11.6 Å². The molecule has 0 radical (unpaired) electrons. The summed E-state index contributed by atoms with van der Waals surface area (Å²) < 4.78 is 0. The maximum absolute atomic E-state index is 12.8.